The molecule has 0 aliphatic heterocycles. The van der Waals surface area contributed by atoms with Crippen molar-refractivity contribution in [2.24, 2.45) is 5.92 Å². The molecule has 0 radical (unpaired) electrons. The van der Waals surface area contributed by atoms with Crippen molar-refractivity contribution in [2.75, 3.05) is 0 Å². The predicted molar refractivity (Wildman–Crippen MR) is 78.4 cm³/mol. The minimum absolute atomic E-state index is 0.426. The van der Waals surface area contributed by atoms with Crippen molar-refractivity contribution in [3.05, 3.63) is 29.8 Å². The first-order valence-corrected chi connectivity index (χ1v) is 7.78. The molecule has 0 bridgehead atoms. The van der Waals surface area contributed by atoms with Crippen molar-refractivity contribution >= 4 is 0 Å². The molecule has 0 spiro atoms. The van der Waals surface area contributed by atoms with E-state index in [9.17, 15) is 0 Å². The van der Waals surface area contributed by atoms with E-state index in [1.54, 1.807) is 0 Å². The molecule has 3 rings (SSSR count). The van der Waals surface area contributed by atoms with Crippen molar-refractivity contribution < 1.29 is 4.74 Å². The Balaban J connectivity index is 1.55. The quantitative estimate of drug-likeness (QED) is 0.866. The van der Waals surface area contributed by atoms with E-state index >= 15 is 0 Å². The van der Waals surface area contributed by atoms with Crippen LogP contribution in [-0.4, -0.2) is 12.1 Å². The fourth-order valence-electron chi connectivity index (χ4n) is 2.96. The highest BCUT2D eigenvalue weighted by atomic mass is 16.5. The molecule has 1 aromatic rings. The van der Waals surface area contributed by atoms with Gasteiger partial charge in [-0.15, -0.1) is 0 Å². The Hall–Kier alpha value is -1.02. The summed E-state index contributed by atoms with van der Waals surface area (Å²) < 4.78 is 6.16. The molecule has 2 fully saturated rings. The molecule has 2 nitrogen and oxygen atoms in total. The molecule has 2 aliphatic carbocycles. The van der Waals surface area contributed by atoms with Gasteiger partial charge in [-0.2, -0.15) is 0 Å². The lowest BCUT2D eigenvalue weighted by molar-refractivity contribution is 0.129. The largest absolute Gasteiger partial charge is 0.490 e. The zero-order valence-electron chi connectivity index (χ0n) is 11.9. The van der Waals surface area contributed by atoms with Crippen molar-refractivity contribution in [2.45, 2.75) is 64.1 Å². The molecule has 104 valence electrons. The van der Waals surface area contributed by atoms with Crippen molar-refractivity contribution in [3.8, 4) is 5.75 Å². The molecule has 0 amide bonds. The summed E-state index contributed by atoms with van der Waals surface area (Å²) in [7, 11) is 0. The maximum atomic E-state index is 6.16. The van der Waals surface area contributed by atoms with E-state index in [1.807, 2.05) is 0 Å². The summed E-state index contributed by atoms with van der Waals surface area (Å²) in [5.74, 6) is 1.87. The Morgan fingerprint density at radius 3 is 2.89 bits per heavy atom. The van der Waals surface area contributed by atoms with Gasteiger partial charge in [0.05, 0.1) is 6.10 Å². The van der Waals surface area contributed by atoms with Crippen LogP contribution >= 0.6 is 0 Å². The number of hydrogen-bond donors (Lipinski definition) is 1. The lowest BCUT2D eigenvalue weighted by Gasteiger charge is -2.27. The van der Waals surface area contributed by atoms with E-state index in [2.05, 4.69) is 36.5 Å². The average molecular weight is 259 g/mol. The normalized spacial score (nSPS) is 27.2. The molecule has 2 heteroatoms. The third kappa shape index (κ3) is 3.97. The van der Waals surface area contributed by atoms with Crippen LogP contribution < -0.4 is 10.1 Å². The fourth-order valence-corrected chi connectivity index (χ4v) is 2.96. The smallest absolute Gasteiger partial charge is 0.120 e. The Morgan fingerprint density at radius 2 is 2.11 bits per heavy atom. The van der Waals surface area contributed by atoms with E-state index < -0.39 is 0 Å². The molecule has 1 aromatic carbocycles. The van der Waals surface area contributed by atoms with E-state index in [0.717, 1.165) is 24.3 Å². The molecule has 2 saturated carbocycles. The summed E-state index contributed by atoms with van der Waals surface area (Å²) in [4.78, 5) is 0. The summed E-state index contributed by atoms with van der Waals surface area (Å²) in [6.45, 7) is 3.31. The third-order valence-electron chi connectivity index (χ3n) is 4.26. The summed E-state index contributed by atoms with van der Waals surface area (Å²) in [6.07, 6.45) is 8.22. The summed E-state index contributed by atoms with van der Waals surface area (Å²) >= 11 is 0. The fraction of sp³-hybridized carbons (Fsp3) is 0.647. The third-order valence-corrected chi connectivity index (χ3v) is 4.26. The lowest BCUT2D eigenvalue weighted by atomic mass is 9.89. The Kier molecular flexibility index (Phi) is 4.07. The average Bonchev–Trinajstić information content (AvgIpc) is 3.21. The van der Waals surface area contributed by atoms with Gasteiger partial charge in [0.1, 0.15) is 5.75 Å². The number of benzene rings is 1. The van der Waals surface area contributed by atoms with Crippen LogP contribution in [0.15, 0.2) is 24.3 Å². The van der Waals surface area contributed by atoms with Crippen molar-refractivity contribution in [3.63, 3.8) is 0 Å². The van der Waals surface area contributed by atoms with E-state index in [1.165, 1.54) is 44.1 Å². The van der Waals surface area contributed by atoms with Gasteiger partial charge in [-0.1, -0.05) is 25.5 Å². The molecule has 2 atom stereocenters. The number of hydrogen-bond acceptors (Lipinski definition) is 2. The van der Waals surface area contributed by atoms with Crippen LogP contribution in [0.2, 0.25) is 0 Å². The van der Waals surface area contributed by atoms with E-state index in [-0.39, 0.29) is 0 Å². The van der Waals surface area contributed by atoms with Crippen molar-refractivity contribution in [1.29, 1.82) is 0 Å². The molecular formula is C17H25NO. The molecule has 0 aromatic heterocycles. The lowest BCUT2D eigenvalue weighted by Crippen LogP contribution is -2.24. The first kappa shape index (κ1) is 13.0. The highest BCUT2D eigenvalue weighted by Crippen LogP contribution is 2.28. The standard InChI is InChI=1S/C17H25NO/c1-13-4-2-6-16(10-13)19-17-7-3-5-14(11-17)12-18-15-8-9-15/h3,5,7,11,13,15-16,18H,2,4,6,8-10,12H2,1H3. The van der Waals surface area contributed by atoms with Crippen LogP contribution in [0.25, 0.3) is 0 Å². The second-order valence-electron chi connectivity index (χ2n) is 6.31. The predicted octanol–water partition coefficient (Wildman–Crippen LogP) is 3.90. The summed E-state index contributed by atoms with van der Waals surface area (Å²) in [5, 5.41) is 3.56. The molecule has 1 N–H and O–H groups in total. The highest BCUT2D eigenvalue weighted by molar-refractivity contribution is 5.28. The molecule has 2 aliphatic rings. The van der Waals surface area contributed by atoms with E-state index in [0.29, 0.717) is 6.10 Å². The minimum Gasteiger partial charge on any atom is -0.490 e. The van der Waals surface area contributed by atoms with Crippen molar-refractivity contribution in [1.82, 2.24) is 5.32 Å². The van der Waals surface area contributed by atoms with Gasteiger partial charge in [0, 0.05) is 12.6 Å². The monoisotopic (exact) mass is 259 g/mol. The molecule has 0 saturated heterocycles. The van der Waals surface area contributed by atoms with Crippen LogP contribution in [0.4, 0.5) is 0 Å². The zero-order valence-corrected chi connectivity index (χ0v) is 11.9. The van der Waals surface area contributed by atoms with Crippen LogP contribution in [0.3, 0.4) is 0 Å². The number of ether oxygens (including phenoxy) is 1. The maximum absolute atomic E-state index is 6.16. The first-order valence-electron chi connectivity index (χ1n) is 7.78. The van der Waals surface area contributed by atoms with Gasteiger partial charge < -0.3 is 10.1 Å². The summed E-state index contributed by atoms with van der Waals surface area (Å²) in [5.41, 5.74) is 1.34. The number of nitrogens with one attached hydrogen (secondary N) is 1. The molecule has 0 heterocycles. The summed E-state index contributed by atoms with van der Waals surface area (Å²) in [6, 6.07) is 9.37. The van der Waals surface area contributed by atoms with Crippen LogP contribution in [0, 0.1) is 5.92 Å². The minimum atomic E-state index is 0.426. The van der Waals surface area contributed by atoms with Crippen LogP contribution in [0.5, 0.6) is 5.75 Å². The van der Waals surface area contributed by atoms with Crippen LogP contribution in [0.1, 0.15) is 51.0 Å². The molecule has 19 heavy (non-hydrogen) atoms. The molecular weight excluding hydrogens is 234 g/mol. The van der Waals surface area contributed by atoms with Gasteiger partial charge in [0.25, 0.3) is 0 Å². The van der Waals surface area contributed by atoms with E-state index in [4.69, 9.17) is 4.74 Å². The van der Waals surface area contributed by atoms with Gasteiger partial charge in [-0.3, -0.25) is 0 Å². The SMILES string of the molecule is CC1CCCC(Oc2cccc(CNC3CC3)c2)C1. The highest BCUT2D eigenvalue weighted by Gasteiger charge is 2.21. The topological polar surface area (TPSA) is 21.3 Å². The Labute approximate surface area is 116 Å². The first-order chi connectivity index (χ1) is 9.29. The van der Waals surface area contributed by atoms with Gasteiger partial charge in [0.2, 0.25) is 0 Å². The zero-order chi connectivity index (χ0) is 13.1. The maximum Gasteiger partial charge on any atom is 0.120 e. The van der Waals surface area contributed by atoms with Gasteiger partial charge in [-0.05, 0) is 55.7 Å². The molecule has 2 unspecified atom stereocenters. The van der Waals surface area contributed by atoms with Gasteiger partial charge >= 0.3 is 0 Å². The Bertz CT molecular complexity index is 413. The number of rotatable bonds is 5. The second-order valence-corrected chi connectivity index (χ2v) is 6.31. The van der Waals surface area contributed by atoms with Crippen LogP contribution in [-0.2, 0) is 6.54 Å². The Morgan fingerprint density at radius 1 is 1.21 bits per heavy atom. The van der Waals surface area contributed by atoms with Gasteiger partial charge in [-0.25, -0.2) is 0 Å². The van der Waals surface area contributed by atoms with Gasteiger partial charge in [0.15, 0.2) is 0 Å². The second kappa shape index (κ2) is 5.96.